The zero-order chi connectivity index (χ0) is 13.7. The van der Waals surface area contributed by atoms with Crippen LogP contribution in [-0.2, 0) is 0 Å². The van der Waals surface area contributed by atoms with Crippen molar-refractivity contribution >= 4 is 5.91 Å². The van der Waals surface area contributed by atoms with Crippen molar-refractivity contribution < 1.29 is 14.3 Å². The Balaban J connectivity index is 2.08. The summed E-state index contributed by atoms with van der Waals surface area (Å²) in [6.07, 6.45) is 1.94. The summed E-state index contributed by atoms with van der Waals surface area (Å²) in [4.78, 5) is 11.9. The van der Waals surface area contributed by atoms with E-state index < -0.39 is 0 Å². The Hall–Kier alpha value is -2.21. The fourth-order valence-electron chi connectivity index (χ4n) is 1.61. The second kappa shape index (κ2) is 6.10. The molecule has 0 radical (unpaired) electrons. The van der Waals surface area contributed by atoms with Crippen molar-refractivity contribution in [3.63, 3.8) is 0 Å². The molecule has 0 aliphatic rings. The standard InChI is InChI=1S/C13H15N3O3/c1-2-11(7-17)15-12(18)9-3-5-10(6-4-9)13-16-14-8-19-13/h3-6,8,11,17H,2,7H2,1H3,(H,15,18). The molecule has 0 fully saturated rings. The Morgan fingerprint density at radius 1 is 1.42 bits per heavy atom. The minimum atomic E-state index is -0.219. The molecule has 0 saturated carbocycles. The molecule has 0 aliphatic carbocycles. The van der Waals surface area contributed by atoms with Gasteiger partial charge in [-0.25, -0.2) is 0 Å². The highest BCUT2D eigenvalue weighted by Gasteiger charge is 2.11. The fourth-order valence-corrected chi connectivity index (χ4v) is 1.61. The summed E-state index contributed by atoms with van der Waals surface area (Å²) in [6.45, 7) is 1.84. The van der Waals surface area contributed by atoms with Crippen molar-refractivity contribution in [2.24, 2.45) is 0 Å². The molecule has 1 amide bonds. The summed E-state index contributed by atoms with van der Waals surface area (Å²) < 4.78 is 5.06. The topological polar surface area (TPSA) is 88.2 Å². The number of rotatable bonds is 5. The maximum Gasteiger partial charge on any atom is 0.251 e. The third-order valence-corrected chi connectivity index (χ3v) is 2.80. The molecule has 1 aromatic carbocycles. The number of amides is 1. The van der Waals surface area contributed by atoms with Crippen molar-refractivity contribution in [2.45, 2.75) is 19.4 Å². The third kappa shape index (κ3) is 3.17. The van der Waals surface area contributed by atoms with Gasteiger partial charge in [-0.2, -0.15) is 0 Å². The number of nitrogens with one attached hydrogen (secondary N) is 1. The molecule has 19 heavy (non-hydrogen) atoms. The van der Waals surface area contributed by atoms with Gasteiger partial charge in [0.15, 0.2) is 0 Å². The lowest BCUT2D eigenvalue weighted by Crippen LogP contribution is -2.36. The second-order valence-corrected chi connectivity index (χ2v) is 4.08. The lowest BCUT2D eigenvalue weighted by molar-refractivity contribution is 0.0915. The third-order valence-electron chi connectivity index (χ3n) is 2.80. The average molecular weight is 261 g/mol. The zero-order valence-corrected chi connectivity index (χ0v) is 10.5. The lowest BCUT2D eigenvalue weighted by atomic mass is 10.1. The number of nitrogens with zero attached hydrogens (tertiary/aromatic N) is 2. The molecule has 6 heteroatoms. The molecule has 100 valence electrons. The summed E-state index contributed by atoms with van der Waals surface area (Å²) in [7, 11) is 0. The van der Waals surface area contributed by atoms with Crippen LogP contribution in [0.15, 0.2) is 35.1 Å². The Labute approximate surface area is 110 Å². The van der Waals surface area contributed by atoms with Crippen LogP contribution in [0.25, 0.3) is 11.5 Å². The van der Waals surface area contributed by atoms with Gasteiger partial charge in [-0.05, 0) is 30.7 Å². The van der Waals surface area contributed by atoms with Gasteiger partial charge >= 0.3 is 0 Å². The number of aromatic nitrogens is 2. The van der Waals surface area contributed by atoms with Crippen LogP contribution in [0.3, 0.4) is 0 Å². The molecular weight excluding hydrogens is 246 g/mol. The van der Waals surface area contributed by atoms with Gasteiger partial charge in [0, 0.05) is 11.1 Å². The maximum atomic E-state index is 11.9. The maximum absolute atomic E-state index is 11.9. The van der Waals surface area contributed by atoms with E-state index in [-0.39, 0.29) is 18.6 Å². The molecule has 1 aromatic heterocycles. The Morgan fingerprint density at radius 2 is 2.16 bits per heavy atom. The van der Waals surface area contributed by atoms with E-state index in [9.17, 15) is 4.79 Å². The summed E-state index contributed by atoms with van der Waals surface area (Å²) in [5.41, 5.74) is 1.28. The Bertz CT molecular complexity index is 519. The molecule has 2 aromatic rings. The normalized spacial score (nSPS) is 12.1. The van der Waals surface area contributed by atoms with E-state index in [1.54, 1.807) is 24.3 Å². The quantitative estimate of drug-likeness (QED) is 0.845. The number of carbonyl (C=O) groups is 1. The van der Waals surface area contributed by atoms with E-state index in [0.717, 1.165) is 5.56 Å². The molecule has 1 heterocycles. The average Bonchev–Trinajstić information content (AvgIpc) is 2.99. The predicted octanol–water partition coefficient (Wildman–Crippen LogP) is 1.24. The van der Waals surface area contributed by atoms with Gasteiger partial charge < -0.3 is 14.8 Å². The Morgan fingerprint density at radius 3 is 2.68 bits per heavy atom. The van der Waals surface area contributed by atoms with Crippen LogP contribution >= 0.6 is 0 Å². The Kier molecular flexibility index (Phi) is 4.25. The minimum absolute atomic E-state index is 0.0672. The zero-order valence-electron chi connectivity index (χ0n) is 10.5. The van der Waals surface area contributed by atoms with Crippen molar-refractivity contribution in [3.05, 3.63) is 36.2 Å². The first-order chi connectivity index (χ1) is 9.24. The molecule has 2 rings (SSSR count). The number of hydrogen-bond donors (Lipinski definition) is 2. The molecule has 6 nitrogen and oxygen atoms in total. The van der Waals surface area contributed by atoms with Crippen LogP contribution in [0, 0.1) is 0 Å². The van der Waals surface area contributed by atoms with E-state index in [1.165, 1.54) is 6.39 Å². The molecule has 1 atom stereocenters. The van der Waals surface area contributed by atoms with Gasteiger partial charge in [-0.3, -0.25) is 4.79 Å². The predicted molar refractivity (Wildman–Crippen MR) is 68.4 cm³/mol. The fraction of sp³-hybridized carbons (Fsp3) is 0.308. The molecule has 1 unspecified atom stereocenters. The van der Waals surface area contributed by atoms with Crippen LogP contribution in [0.1, 0.15) is 23.7 Å². The molecular formula is C13H15N3O3. The van der Waals surface area contributed by atoms with Crippen LogP contribution < -0.4 is 5.32 Å². The molecule has 0 saturated heterocycles. The number of aliphatic hydroxyl groups excluding tert-OH is 1. The highest BCUT2D eigenvalue weighted by atomic mass is 16.4. The molecule has 0 aliphatic heterocycles. The minimum Gasteiger partial charge on any atom is -0.423 e. The van der Waals surface area contributed by atoms with Gasteiger partial charge in [0.05, 0.1) is 12.6 Å². The van der Waals surface area contributed by atoms with Crippen molar-refractivity contribution in [2.75, 3.05) is 6.61 Å². The van der Waals surface area contributed by atoms with Gasteiger partial charge in [-0.15, -0.1) is 10.2 Å². The first-order valence-corrected chi connectivity index (χ1v) is 6.03. The lowest BCUT2D eigenvalue weighted by Gasteiger charge is -2.13. The van der Waals surface area contributed by atoms with Crippen LogP contribution in [0.4, 0.5) is 0 Å². The van der Waals surface area contributed by atoms with E-state index in [1.807, 2.05) is 6.92 Å². The number of hydrogen-bond acceptors (Lipinski definition) is 5. The summed E-state index contributed by atoms with van der Waals surface area (Å²) in [5, 5.41) is 19.2. The van der Waals surface area contributed by atoms with Gasteiger partial charge in [0.25, 0.3) is 5.91 Å². The molecule has 2 N–H and O–H groups in total. The smallest absolute Gasteiger partial charge is 0.251 e. The van der Waals surface area contributed by atoms with E-state index >= 15 is 0 Å². The molecule has 0 spiro atoms. The van der Waals surface area contributed by atoms with E-state index in [2.05, 4.69) is 15.5 Å². The number of aliphatic hydroxyl groups is 1. The van der Waals surface area contributed by atoms with Crippen LogP contribution in [0.5, 0.6) is 0 Å². The van der Waals surface area contributed by atoms with E-state index in [4.69, 9.17) is 9.52 Å². The van der Waals surface area contributed by atoms with Crippen molar-refractivity contribution in [1.29, 1.82) is 0 Å². The van der Waals surface area contributed by atoms with Crippen LogP contribution in [0.2, 0.25) is 0 Å². The van der Waals surface area contributed by atoms with Gasteiger partial charge in [0.1, 0.15) is 0 Å². The summed E-state index contributed by atoms with van der Waals surface area (Å²) in [5.74, 6) is 0.201. The first-order valence-electron chi connectivity index (χ1n) is 6.03. The van der Waals surface area contributed by atoms with Crippen molar-refractivity contribution in [1.82, 2.24) is 15.5 Å². The monoisotopic (exact) mass is 261 g/mol. The van der Waals surface area contributed by atoms with Crippen LogP contribution in [-0.4, -0.2) is 33.9 Å². The summed E-state index contributed by atoms with van der Waals surface area (Å²) in [6, 6.07) is 6.62. The highest BCUT2D eigenvalue weighted by molar-refractivity contribution is 5.94. The van der Waals surface area contributed by atoms with Gasteiger partial charge in [-0.1, -0.05) is 6.92 Å². The largest absolute Gasteiger partial charge is 0.423 e. The number of benzene rings is 1. The van der Waals surface area contributed by atoms with Gasteiger partial charge in [0.2, 0.25) is 12.3 Å². The SMILES string of the molecule is CCC(CO)NC(=O)c1ccc(-c2nnco2)cc1. The first kappa shape index (κ1) is 13.2. The van der Waals surface area contributed by atoms with E-state index in [0.29, 0.717) is 17.9 Å². The highest BCUT2D eigenvalue weighted by Crippen LogP contribution is 2.16. The second-order valence-electron chi connectivity index (χ2n) is 4.08. The molecule has 0 bridgehead atoms. The summed E-state index contributed by atoms with van der Waals surface area (Å²) >= 11 is 0. The van der Waals surface area contributed by atoms with Crippen molar-refractivity contribution in [3.8, 4) is 11.5 Å². The number of carbonyl (C=O) groups excluding carboxylic acids is 1.